The smallest absolute Gasteiger partial charge is 0.416 e. The topological polar surface area (TPSA) is 77.5 Å². The number of nitrogens with zero attached hydrogens (tertiary/aromatic N) is 2. The second-order valence-corrected chi connectivity index (χ2v) is 9.34. The van der Waals surface area contributed by atoms with Crippen molar-refractivity contribution in [3.8, 4) is 5.75 Å². The van der Waals surface area contributed by atoms with E-state index in [4.69, 9.17) is 18.9 Å². The number of ether oxygens (including phenoxy) is 4. The number of rotatable bonds is 7. The Labute approximate surface area is 232 Å². The van der Waals surface area contributed by atoms with Crippen molar-refractivity contribution in [1.82, 2.24) is 4.90 Å². The number of methoxy groups -OCH3 is 3. The van der Waals surface area contributed by atoms with E-state index in [1.165, 1.54) is 19.1 Å². The first-order valence-corrected chi connectivity index (χ1v) is 12.4. The maximum absolute atomic E-state index is 13.5. The van der Waals surface area contributed by atoms with Gasteiger partial charge in [-0.1, -0.05) is 0 Å². The van der Waals surface area contributed by atoms with Gasteiger partial charge in [-0.2, -0.15) is 26.3 Å². The molecule has 0 unspecified atom stereocenters. The maximum atomic E-state index is 13.5. The van der Waals surface area contributed by atoms with Crippen LogP contribution in [0.4, 0.5) is 41.6 Å². The van der Waals surface area contributed by atoms with E-state index in [-0.39, 0.29) is 31.4 Å². The lowest BCUT2D eigenvalue weighted by atomic mass is 9.89. The number of hydrogen-bond donors (Lipinski definition) is 0. The molecule has 2 aromatic rings. The van der Waals surface area contributed by atoms with E-state index in [0.717, 1.165) is 12.0 Å². The minimum Gasteiger partial charge on any atom is -0.496 e. The molecule has 0 fully saturated rings. The van der Waals surface area contributed by atoms with E-state index in [2.05, 4.69) is 0 Å². The van der Waals surface area contributed by atoms with Crippen LogP contribution in [0.15, 0.2) is 30.3 Å². The number of hydrogen-bond acceptors (Lipinski definition) is 6. The summed E-state index contributed by atoms with van der Waals surface area (Å²) in [6, 6.07) is 2.77. The second-order valence-electron chi connectivity index (χ2n) is 9.34. The molecule has 0 bridgehead atoms. The molecule has 8 nitrogen and oxygen atoms in total. The van der Waals surface area contributed by atoms with Gasteiger partial charge in [0.15, 0.2) is 0 Å². The van der Waals surface area contributed by atoms with Crippen LogP contribution in [0, 0.1) is 0 Å². The van der Waals surface area contributed by atoms with Gasteiger partial charge in [-0.15, -0.1) is 0 Å². The summed E-state index contributed by atoms with van der Waals surface area (Å²) in [5, 5.41) is 0. The largest absolute Gasteiger partial charge is 0.496 e. The Morgan fingerprint density at radius 2 is 1.59 bits per heavy atom. The molecule has 3 rings (SSSR count). The highest BCUT2D eigenvalue weighted by atomic mass is 19.4. The van der Waals surface area contributed by atoms with Crippen LogP contribution >= 0.6 is 0 Å². The predicted octanol–water partition coefficient (Wildman–Crippen LogP) is 6.94. The Morgan fingerprint density at radius 3 is 2.07 bits per heavy atom. The van der Waals surface area contributed by atoms with Gasteiger partial charge in [-0.3, -0.25) is 9.80 Å². The number of fused-ring (bicyclic) bond motifs is 1. The molecule has 2 amide bonds. The standard InChI is InChI=1S/C27H30F6N2O6/c1-6-41-25(37)35-15(2)7-21(20-10-17(14-38-3)23(39-4)12-22(20)35)34(24(36)40-5)13-16-8-18(26(28,29)30)11-19(9-16)27(31,32)33/h8-12,15,21H,6-7,13-14H2,1-5H3/t15-,21+/m1/s1. The number of alkyl halides is 6. The zero-order valence-corrected chi connectivity index (χ0v) is 23.0. The quantitative estimate of drug-likeness (QED) is 0.324. The number of amides is 2. The maximum Gasteiger partial charge on any atom is 0.416 e. The van der Waals surface area contributed by atoms with Gasteiger partial charge >= 0.3 is 24.5 Å². The van der Waals surface area contributed by atoms with E-state index >= 15 is 0 Å². The third-order valence-corrected chi connectivity index (χ3v) is 6.60. The van der Waals surface area contributed by atoms with Crippen molar-refractivity contribution in [1.29, 1.82) is 0 Å². The number of benzene rings is 2. The van der Waals surface area contributed by atoms with Gasteiger partial charge in [-0.25, -0.2) is 9.59 Å². The van der Waals surface area contributed by atoms with Crippen LogP contribution in [0.25, 0.3) is 0 Å². The number of carbonyl (C=O) groups excluding carboxylic acids is 2. The van der Waals surface area contributed by atoms with Crippen LogP contribution in [0.1, 0.15) is 54.1 Å². The Balaban J connectivity index is 2.22. The van der Waals surface area contributed by atoms with Crippen molar-refractivity contribution in [2.75, 3.05) is 32.8 Å². The van der Waals surface area contributed by atoms with Gasteiger partial charge in [0.2, 0.25) is 0 Å². The van der Waals surface area contributed by atoms with Crippen molar-refractivity contribution in [2.24, 2.45) is 0 Å². The van der Waals surface area contributed by atoms with E-state index in [1.54, 1.807) is 26.0 Å². The molecule has 1 aliphatic rings. The number of halogens is 6. The molecule has 41 heavy (non-hydrogen) atoms. The molecule has 0 saturated carbocycles. The van der Waals surface area contributed by atoms with Crippen molar-refractivity contribution < 1.29 is 54.9 Å². The van der Waals surface area contributed by atoms with E-state index in [1.807, 2.05) is 0 Å². The first-order valence-electron chi connectivity index (χ1n) is 12.4. The van der Waals surface area contributed by atoms with E-state index < -0.39 is 59.9 Å². The molecule has 0 N–H and O–H groups in total. The zero-order chi connectivity index (χ0) is 30.7. The molecule has 14 heteroatoms. The van der Waals surface area contributed by atoms with Crippen LogP contribution < -0.4 is 9.64 Å². The highest BCUT2D eigenvalue weighted by Crippen LogP contribution is 2.45. The fourth-order valence-corrected chi connectivity index (χ4v) is 4.85. The molecular formula is C27H30F6N2O6. The molecule has 1 aliphatic heterocycles. The fourth-order valence-electron chi connectivity index (χ4n) is 4.85. The van der Waals surface area contributed by atoms with Crippen LogP contribution in [0.2, 0.25) is 0 Å². The van der Waals surface area contributed by atoms with Crippen LogP contribution in [0.5, 0.6) is 5.75 Å². The minimum absolute atomic E-state index is 0.0183. The summed E-state index contributed by atoms with van der Waals surface area (Å²) in [4.78, 5) is 28.4. The van der Waals surface area contributed by atoms with Crippen molar-refractivity contribution >= 4 is 17.9 Å². The molecule has 0 aromatic heterocycles. The Kier molecular flexibility index (Phi) is 9.67. The molecule has 1 heterocycles. The average molecular weight is 593 g/mol. The Hall–Kier alpha value is -3.68. The number of carbonyl (C=O) groups is 2. The molecule has 0 radical (unpaired) electrons. The molecule has 0 saturated heterocycles. The van der Waals surface area contributed by atoms with Gasteiger partial charge in [0.25, 0.3) is 0 Å². The van der Waals surface area contributed by atoms with Gasteiger partial charge in [0, 0.05) is 31.3 Å². The lowest BCUT2D eigenvalue weighted by Crippen LogP contribution is -2.47. The summed E-state index contributed by atoms with van der Waals surface area (Å²) in [7, 11) is 3.90. The van der Waals surface area contributed by atoms with Crippen molar-refractivity contribution in [3.05, 3.63) is 58.1 Å². The predicted molar refractivity (Wildman–Crippen MR) is 134 cm³/mol. The Morgan fingerprint density at radius 1 is 0.976 bits per heavy atom. The zero-order valence-electron chi connectivity index (χ0n) is 23.0. The fraction of sp³-hybridized carbons (Fsp3) is 0.481. The van der Waals surface area contributed by atoms with Crippen molar-refractivity contribution in [3.63, 3.8) is 0 Å². The van der Waals surface area contributed by atoms with Gasteiger partial charge in [0.05, 0.1) is 50.3 Å². The molecule has 226 valence electrons. The van der Waals surface area contributed by atoms with Crippen molar-refractivity contribution in [2.45, 2.75) is 57.9 Å². The number of anilines is 1. The normalized spacial score (nSPS) is 17.1. The van der Waals surface area contributed by atoms with Gasteiger partial charge in [-0.05, 0) is 55.7 Å². The summed E-state index contributed by atoms with van der Waals surface area (Å²) in [5.74, 6) is 0.352. The highest BCUT2D eigenvalue weighted by Gasteiger charge is 2.41. The molecule has 0 spiro atoms. The van der Waals surface area contributed by atoms with Crippen LogP contribution in [0.3, 0.4) is 0 Å². The lowest BCUT2D eigenvalue weighted by molar-refractivity contribution is -0.143. The summed E-state index contributed by atoms with van der Waals surface area (Å²) in [6.07, 6.45) is -11.7. The third kappa shape index (κ3) is 6.97. The molecule has 2 aromatic carbocycles. The first-order chi connectivity index (χ1) is 19.2. The average Bonchev–Trinajstić information content (AvgIpc) is 2.89. The monoisotopic (exact) mass is 592 g/mol. The SMILES string of the molecule is CCOC(=O)N1c2cc(OC)c(COC)cc2[C@@H](N(Cc2cc(C(F)(F)F)cc(C(F)(F)F)c2)C(=O)OC)C[C@H]1C. The Bertz CT molecular complexity index is 1230. The molecular weight excluding hydrogens is 562 g/mol. The first kappa shape index (κ1) is 31.8. The highest BCUT2D eigenvalue weighted by molar-refractivity contribution is 5.91. The summed E-state index contributed by atoms with van der Waals surface area (Å²) >= 11 is 0. The van der Waals surface area contributed by atoms with E-state index in [0.29, 0.717) is 29.0 Å². The van der Waals surface area contributed by atoms with Gasteiger partial charge < -0.3 is 18.9 Å². The second kappa shape index (κ2) is 12.5. The van der Waals surface area contributed by atoms with Gasteiger partial charge in [0.1, 0.15) is 5.75 Å². The molecule has 2 atom stereocenters. The lowest BCUT2D eigenvalue weighted by Gasteiger charge is -2.43. The minimum atomic E-state index is -5.07. The van der Waals surface area contributed by atoms with Crippen LogP contribution in [-0.4, -0.2) is 51.1 Å². The van der Waals surface area contributed by atoms with E-state index in [9.17, 15) is 35.9 Å². The van der Waals surface area contributed by atoms with Crippen LogP contribution in [-0.2, 0) is 39.7 Å². The summed E-state index contributed by atoms with van der Waals surface area (Å²) in [5.41, 5.74) is -2.24. The third-order valence-electron chi connectivity index (χ3n) is 6.60. The summed E-state index contributed by atoms with van der Waals surface area (Å²) < 4.78 is 102. The molecule has 0 aliphatic carbocycles. The summed E-state index contributed by atoms with van der Waals surface area (Å²) in [6.45, 7) is 2.79.